The normalized spacial score (nSPS) is 16.5. The first-order valence-electron chi connectivity index (χ1n) is 3.84. The van der Waals surface area contributed by atoms with Gasteiger partial charge in [0, 0.05) is 4.88 Å². The highest BCUT2D eigenvalue weighted by Gasteiger charge is 2.17. The quantitative estimate of drug-likeness (QED) is 0.664. The second-order valence-electron chi connectivity index (χ2n) is 2.90. The maximum absolute atomic E-state index is 5.91. The average Bonchev–Trinajstić information content (AvgIpc) is 2.30. The Kier molecular flexibility index (Phi) is 1.81. The van der Waals surface area contributed by atoms with Crippen molar-refractivity contribution in [2.75, 3.05) is 5.73 Å². The van der Waals surface area contributed by atoms with E-state index in [0.29, 0.717) is 0 Å². The van der Waals surface area contributed by atoms with E-state index in [2.05, 4.69) is 0 Å². The molecule has 0 amide bonds. The molecule has 0 fully saturated rings. The third-order valence-corrected chi connectivity index (χ3v) is 3.70. The number of thiophene rings is 1. The molecule has 1 nitrogen and oxygen atoms in total. The van der Waals surface area contributed by atoms with Gasteiger partial charge in [0.1, 0.15) is 4.34 Å². The maximum Gasteiger partial charge on any atom is 0.116 e. The van der Waals surface area contributed by atoms with Gasteiger partial charge in [-0.05, 0) is 31.2 Å². The van der Waals surface area contributed by atoms with Crippen LogP contribution in [-0.4, -0.2) is 0 Å². The minimum Gasteiger partial charge on any atom is -0.397 e. The number of anilines is 1. The molecule has 2 N–H and O–H groups in total. The minimum absolute atomic E-state index is 0.789. The van der Waals surface area contributed by atoms with Crippen LogP contribution in [0.3, 0.4) is 0 Å². The third-order valence-electron chi connectivity index (χ3n) is 2.17. The molecule has 3 heteroatoms. The van der Waals surface area contributed by atoms with E-state index >= 15 is 0 Å². The van der Waals surface area contributed by atoms with Crippen molar-refractivity contribution in [3.05, 3.63) is 14.8 Å². The van der Waals surface area contributed by atoms with Crippen LogP contribution in [0, 0.1) is 0 Å². The Labute approximate surface area is 75.2 Å². The molecule has 0 radical (unpaired) electrons. The van der Waals surface area contributed by atoms with E-state index in [0.717, 1.165) is 16.4 Å². The molecule has 0 saturated heterocycles. The summed E-state index contributed by atoms with van der Waals surface area (Å²) in [6.07, 6.45) is 4.87. The van der Waals surface area contributed by atoms with Crippen molar-refractivity contribution in [2.45, 2.75) is 25.7 Å². The van der Waals surface area contributed by atoms with Gasteiger partial charge in [-0.2, -0.15) is 0 Å². The Balaban J connectivity index is 2.50. The molecule has 0 unspecified atom stereocenters. The van der Waals surface area contributed by atoms with Crippen LogP contribution >= 0.6 is 22.9 Å². The van der Waals surface area contributed by atoms with Gasteiger partial charge in [-0.15, -0.1) is 11.3 Å². The van der Waals surface area contributed by atoms with Crippen molar-refractivity contribution in [3.63, 3.8) is 0 Å². The van der Waals surface area contributed by atoms with Crippen LogP contribution in [0.5, 0.6) is 0 Å². The van der Waals surface area contributed by atoms with Crippen molar-refractivity contribution in [1.82, 2.24) is 0 Å². The lowest BCUT2D eigenvalue weighted by atomic mass is 9.98. The standard InChI is InChI=1S/C8H10ClNS/c9-8-7(10)5-3-1-2-4-6(5)11-8/h1-4,10H2. The van der Waals surface area contributed by atoms with E-state index in [1.807, 2.05) is 0 Å². The molecular weight excluding hydrogens is 178 g/mol. The number of rotatable bonds is 0. The van der Waals surface area contributed by atoms with E-state index in [4.69, 9.17) is 17.3 Å². The predicted molar refractivity (Wildman–Crippen MR) is 50.4 cm³/mol. The fourth-order valence-electron chi connectivity index (χ4n) is 1.56. The molecule has 0 saturated carbocycles. The molecule has 1 aliphatic carbocycles. The van der Waals surface area contributed by atoms with Crippen LogP contribution in [0.25, 0.3) is 0 Å². The monoisotopic (exact) mass is 187 g/mol. The van der Waals surface area contributed by atoms with Gasteiger partial charge < -0.3 is 5.73 Å². The number of hydrogen-bond donors (Lipinski definition) is 1. The summed E-state index contributed by atoms with van der Waals surface area (Å²) in [6, 6.07) is 0. The first-order valence-corrected chi connectivity index (χ1v) is 5.04. The SMILES string of the molecule is Nc1c(Cl)sc2c1CCCC2. The Bertz CT molecular complexity index is 280. The maximum atomic E-state index is 5.91. The second-order valence-corrected chi connectivity index (χ2v) is 4.61. The first kappa shape index (κ1) is 7.44. The molecule has 2 rings (SSSR count). The number of hydrogen-bond acceptors (Lipinski definition) is 2. The lowest BCUT2D eigenvalue weighted by Crippen LogP contribution is -2.00. The second kappa shape index (κ2) is 2.68. The number of fused-ring (bicyclic) bond motifs is 1. The van der Waals surface area contributed by atoms with Gasteiger partial charge in [-0.25, -0.2) is 0 Å². The summed E-state index contributed by atoms with van der Waals surface area (Å²) in [5.74, 6) is 0. The fraction of sp³-hybridized carbons (Fsp3) is 0.500. The van der Waals surface area contributed by atoms with Crippen molar-refractivity contribution in [3.8, 4) is 0 Å². The van der Waals surface area contributed by atoms with Gasteiger partial charge in [0.15, 0.2) is 0 Å². The van der Waals surface area contributed by atoms with Crippen LogP contribution in [0.1, 0.15) is 23.3 Å². The predicted octanol–water partition coefficient (Wildman–Crippen LogP) is 2.86. The van der Waals surface area contributed by atoms with Crippen LogP contribution in [-0.2, 0) is 12.8 Å². The number of nitrogen functional groups attached to an aromatic ring is 1. The number of nitrogens with two attached hydrogens (primary N) is 1. The van der Waals surface area contributed by atoms with Gasteiger partial charge in [-0.3, -0.25) is 0 Å². The van der Waals surface area contributed by atoms with E-state index in [1.165, 1.54) is 29.7 Å². The molecule has 0 aliphatic heterocycles. The molecule has 1 aromatic heterocycles. The van der Waals surface area contributed by atoms with Crippen molar-refractivity contribution >= 4 is 28.6 Å². The summed E-state index contributed by atoms with van der Waals surface area (Å²) in [5.41, 5.74) is 7.97. The Morgan fingerprint density at radius 1 is 1.27 bits per heavy atom. The van der Waals surface area contributed by atoms with E-state index in [1.54, 1.807) is 11.3 Å². The molecule has 1 heterocycles. The lowest BCUT2D eigenvalue weighted by molar-refractivity contribution is 0.698. The highest BCUT2D eigenvalue weighted by atomic mass is 35.5. The summed E-state index contributed by atoms with van der Waals surface area (Å²) in [6.45, 7) is 0. The zero-order chi connectivity index (χ0) is 7.84. The molecule has 0 spiro atoms. The summed E-state index contributed by atoms with van der Waals surface area (Å²) >= 11 is 7.57. The fourth-order valence-corrected chi connectivity index (χ4v) is 2.98. The Hall–Kier alpha value is -0.210. The number of halogens is 1. The number of aryl methyl sites for hydroxylation is 1. The van der Waals surface area contributed by atoms with E-state index in [-0.39, 0.29) is 0 Å². The Morgan fingerprint density at radius 2 is 2.00 bits per heavy atom. The minimum atomic E-state index is 0.789. The summed E-state index contributed by atoms with van der Waals surface area (Å²) < 4.78 is 0.789. The zero-order valence-corrected chi connectivity index (χ0v) is 7.76. The highest BCUT2D eigenvalue weighted by molar-refractivity contribution is 7.17. The summed E-state index contributed by atoms with van der Waals surface area (Å²) in [5, 5.41) is 0. The molecule has 1 aromatic rings. The van der Waals surface area contributed by atoms with Crippen LogP contribution in [0.2, 0.25) is 4.34 Å². The van der Waals surface area contributed by atoms with Gasteiger partial charge in [0.25, 0.3) is 0 Å². The van der Waals surface area contributed by atoms with E-state index in [9.17, 15) is 0 Å². The highest BCUT2D eigenvalue weighted by Crippen LogP contribution is 2.39. The van der Waals surface area contributed by atoms with Gasteiger partial charge in [0.2, 0.25) is 0 Å². The van der Waals surface area contributed by atoms with Crippen molar-refractivity contribution in [1.29, 1.82) is 0 Å². The molecule has 11 heavy (non-hydrogen) atoms. The Morgan fingerprint density at radius 3 is 2.73 bits per heavy atom. The average molecular weight is 188 g/mol. The van der Waals surface area contributed by atoms with Gasteiger partial charge in [-0.1, -0.05) is 11.6 Å². The van der Waals surface area contributed by atoms with Crippen LogP contribution < -0.4 is 5.73 Å². The smallest absolute Gasteiger partial charge is 0.116 e. The molecule has 60 valence electrons. The van der Waals surface area contributed by atoms with Crippen LogP contribution in [0.4, 0.5) is 5.69 Å². The summed E-state index contributed by atoms with van der Waals surface area (Å²) in [4.78, 5) is 1.42. The zero-order valence-electron chi connectivity index (χ0n) is 6.19. The molecule has 0 aromatic carbocycles. The van der Waals surface area contributed by atoms with Gasteiger partial charge >= 0.3 is 0 Å². The molecule has 0 atom stereocenters. The van der Waals surface area contributed by atoms with Crippen molar-refractivity contribution in [2.24, 2.45) is 0 Å². The summed E-state index contributed by atoms with van der Waals surface area (Å²) in [7, 11) is 0. The lowest BCUT2D eigenvalue weighted by Gasteiger charge is -2.10. The third kappa shape index (κ3) is 1.14. The van der Waals surface area contributed by atoms with E-state index < -0.39 is 0 Å². The molecule has 0 bridgehead atoms. The van der Waals surface area contributed by atoms with Gasteiger partial charge in [0.05, 0.1) is 5.69 Å². The van der Waals surface area contributed by atoms with Crippen molar-refractivity contribution < 1.29 is 0 Å². The largest absolute Gasteiger partial charge is 0.397 e. The van der Waals surface area contributed by atoms with Crippen LogP contribution in [0.15, 0.2) is 0 Å². The molecular formula is C8H10ClNS. The topological polar surface area (TPSA) is 26.0 Å². The molecule has 1 aliphatic rings. The first-order chi connectivity index (χ1) is 5.29.